The lowest BCUT2D eigenvalue weighted by Gasteiger charge is -2.08. The third kappa shape index (κ3) is 2.66. The molecule has 3 rings (SSSR count). The predicted octanol–water partition coefficient (Wildman–Crippen LogP) is 3.03. The quantitative estimate of drug-likeness (QED) is 0.632. The lowest BCUT2D eigenvalue weighted by molar-refractivity contribution is 0.103. The maximum Gasteiger partial charge on any atom is 0.409 e. The van der Waals surface area contributed by atoms with E-state index in [-0.39, 0.29) is 22.2 Å². The van der Waals surface area contributed by atoms with Crippen molar-refractivity contribution in [3.63, 3.8) is 0 Å². The number of rotatable bonds is 3. The zero-order valence-electron chi connectivity index (χ0n) is 12.3. The van der Waals surface area contributed by atoms with Crippen LogP contribution in [0.4, 0.5) is 19.3 Å². The first kappa shape index (κ1) is 16.1. The van der Waals surface area contributed by atoms with Gasteiger partial charge in [-0.1, -0.05) is 0 Å². The highest BCUT2D eigenvalue weighted by Crippen LogP contribution is 2.28. The van der Waals surface area contributed by atoms with Crippen LogP contribution >= 0.6 is 0 Å². The first-order valence-corrected chi connectivity index (χ1v) is 6.83. The Labute approximate surface area is 138 Å². The van der Waals surface area contributed by atoms with Crippen molar-refractivity contribution in [3.05, 3.63) is 58.9 Å². The SMILES string of the molecule is N#Cc1ccnc2[nH]cc(C(=O)c3c(F)ccc(NC(=O)O)c3F)c12. The van der Waals surface area contributed by atoms with Crippen LogP contribution in [0.25, 0.3) is 11.0 Å². The molecule has 0 aliphatic carbocycles. The number of nitriles is 1. The molecule has 3 aromatic rings. The molecule has 7 nitrogen and oxygen atoms in total. The summed E-state index contributed by atoms with van der Waals surface area (Å²) in [4.78, 5) is 29.9. The Balaban J connectivity index is 2.20. The maximum absolute atomic E-state index is 14.4. The minimum Gasteiger partial charge on any atom is -0.465 e. The molecule has 2 heterocycles. The number of nitrogens with one attached hydrogen (secondary N) is 2. The molecule has 0 aliphatic heterocycles. The number of benzene rings is 1. The standard InChI is InChI=1S/C16H8F2N4O3/c17-9-1-2-10(22-16(24)25)13(18)12(9)14(23)8-6-21-15-11(8)7(5-19)3-4-20-15/h1-4,6,22H,(H,20,21)(H,24,25). The van der Waals surface area contributed by atoms with E-state index in [4.69, 9.17) is 10.4 Å². The van der Waals surface area contributed by atoms with Crippen molar-refractivity contribution in [3.8, 4) is 6.07 Å². The minimum atomic E-state index is -1.56. The van der Waals surface area contributed by atoms with E-state index in [2.05, 4.69) is 9.97 Å². The Morgan fingerprint density at radius 3 is 2.72 bits per heavy atom. The summed E-state index contributed by atoms with van der Waals surface area (Å²) in [6.07, 6.45) is 0.980. The van der Waals surface area contributed by atoms with Crippen LogP contribution in [0.3, 0.4) is 0 Å². The number of carbonyl (C=O) groups excluding carboxylic acids is 1. The van der Waals surface area contributed by atoms with E-state index in [9.17, 15) is 18.4 Å². The second-order valence-corrected chi connectivity index (χ2v) is 4.94. The number of hydrogen-bond acceptors (Lipinski definition) is 4. The molecule has 0 saturated carbocycles. The topological polar surface area (TPSA) is 119 Å². The molecule has 0 spiro atoms. The van der Waals surface area contributed by atoms with Gasteiger partial charge in [-0.15, -0.1) is 0 Å². The van der Waals surface area contributed by atoms with E-state index >= 15 is 0 Å². The number of aromatic nitrogens is 2. The van der Waals surface area contributed by atoms with Crippen molar-refractivity contribution in [1.82, 2.24) is 9.97 Å². The van der Waals surface area contributed by atoms with Gasteiger partial charge in [-0.05, 0) is 18.2 Å². The third-order valence-electron chi connectivity index (χ3n) is 3.50. The number of halogens is 2. The van der Waals surface area contributed by atoms with Crippen LogP contribution in [0.15, 0.2) is 30.6 Å². The summed E-state index contributed by atoms with van der Waals surface area (Å²) in [5.74, 6) is -3.54. The van der Waals surface area contributed by atoms with Gasteiger partial charge >= 0.3 is 6.09 Å². The number of hydrogen-bond donors (Lipinski definition) is 3. The first-order valence-electron chi connectivity index (χ1n) is 6.83. The van der Waals surface area contributed by atoms with Crippen molar-refractivity contribution in [1.29, 1.82) is 5.26 Å². The number of ketones is 1. The van der Waals surface area contributed by atoms with Gasteiger partial charge < -0.3 is 10.1 Å². The van der Waals surface area contributed by atoms with Crippen molar-refractivity contribution in [2.24, 2.45) is 0 Å². The van der Waals surface area contributed by atoms with Gasteiger partial charge in [0.1, 0.15) is 11.5 Å². The van der Waals surface area contributed by atoms with Gasteiger partial charge in [0.2, 0.25) is 5.78 Å². The molecule has 1 amide bonds. The molecular weight excluding hydrogens is 334 g/mol. The maximum atomic E-state index is 14.4. The Hall–Kier alpha value is -3.80. The number of H-pyrrole nitrogens is 1. The molecular formula is C16H8F2N4O3. The predicted molar refractivity (Wildman–Crippen MR) is 82.2 cm³/mol. The fraction of sp³-hybridized carbons (Fsp3) is 0. The number of carboxylic acid groups (broad SMARTS) is 1. The Morgan fingerprint density at radius 1 is 1.28 bits per heavy atom. The fourth-order valence-corrected chi connectivity index (χ4v) is 2.44. The summed E-state index contributed by atoms with van der Waals surface area (Å²) in [5, 5.41) is 19.7. The van der Waals surface area contributed by atoms with Gasteiger partial charge in [-0.3, -0.25) is 10.1 Å². The Bertz CT molecular complexity index is 1070. The molecule has 9 heteroatoms. The monoisotopic (exact) mass is 342 g/mol. The number of fused-ring (bicyclic) bond motifs is 1. The molecule has 0 aliphatic rings. The van der Waals surface area contributed by atoms with E-state index in [1.165, 1.54) is 18.5 Å². The largest absolute Gasteiger partial charge is 0.465 e. The lowest BCUT2D eigenvalue weighted by Crippen LogP contribution is -2.13. The number of amides is 1. The summed E-state index contributed by atoms with van der Waals surface area (Å²) < 4.78 is 28.5. The Kier molecular flexibility index (Phi) is 3.86. The summed E-state index contributed by atoms with van der Waals surface area (Å²) >= 11 is 0. The normalized spacial score (nSPS) is 10.4. The summed E-state index contributed by atoms with van der Waals surface area (Å²) in [7, 11) is 0. The van der Waals surface area contributed by atoms with Crippen molar-refractivity contribution in [2.45, 2.75) is 0 Å². The fourth-order valence-electron chi connectivity index (χ4n) is 2.44. The van der Waals surface area contributed by atoms with Crippen LogP contribution < -0.4 is 5.32 Å². The molecule has 0 bridgehead atoms. The van der Waals surface area contributed by atoms with Gasteiger partial charge in [0, 0.05) is 17.8 Å². The average molecular weight is 342 g/mol. The van der Waals surface area contributed by atoms with Crippen LogP contribution in [0, 0.1) is 23.0 Å². The molecule has 0 saturated heterocycles. The summed E-state index contributed by atoms with van der Waals surface area (Å²) in [5.41, 5.74) is -1.32. The number of anilines is 1. The molecule has 2 aromatic heterocycles. The van der Waals surface area contributed by atoms with E-state index < -0.39 is 34.8 Å². The van der Waals surface area contributed by atoms with Crippen molar-refractivity contribution < 1.29 is 23.5 Å². The number of pyridine rings is 1. The van der Waals surface area contributed by atoms with E-state index in [0.717, 1.165) is 12.1 Å². The van der Waals surface area contributed by atoms with Gasteiger partial charge in [-0.2, -0.15) is 5.26 Å². The zero-order chi connectivity index (χ0) is 18.1. The molecule has 3 N–H and O–H groups in total. The summed E-state index contributed by atoms with van der Waals surface area (Å²) in [6.45, 7) is 0. The van der Waals surface area contributed by atoms with Crippen LogP contribution in [0.5, 0.6) is 0 Å². The van der Waals surface area contributed by atoms with Crippen molar-refractivity contribution in [2.75, 3.05) is 5.32 Å². The molecule has 0 unspecified atom stereocenters. The molecule has 0 atom stereocenters. The van der Waals surface area contributed by atoms with Gasteiger partial charge in [0.25, 0.3) is 0 Å². The number of aromatic amines is 1. The van der Waals surface area contributed by atoms with E-state index in [1.54, 1.807) is 5.32 Å². The van der Waals surface area contributed by atoms with Crippen molar-refractivity contribution >= 4 is 28.6 Å². The second-order valence-electron chi connectivity index (χ2n) is 4.94. The molecule has 25 heavy (non-hydrogen) atoms. The van der Waals surface area contributed by atoms with E-state index in [0.29, 0.717) is 0 Å². The number of carbonyl (C=O) groups is 2. The van der Waals surface area contributed by atoms with Gasteiger partial charge in [-0.25, -0.2) is 18.6 Å². The number of nitrogens with zero attached hydrogens (tertiary/aromatic N) is 2. The minimum absolute atomic E-state index is 0.107. The molecule has 1 aromatic carbocycles. The summed E-state index contributed by atoms with van der Waals surface area (Å²) in [6, 6.07) is 4.89. The molecule has 0 fully saturated rings. The van der Waals surface area contributed by atoms with Crippen LogP contribution in [0.2, 0.25) is 0 Å². The Morgan fingerprint density at radius 2 is 2.04 bits per heavy atom. The van der Waals surface area contributed by atoms with Crippen LogP contribution in [0.1, 0.15) is 21.5 Å². The highest BCUT2D eigenvalue weighted by atomic mass is 19.1. The zero-order valence-corrected chi connectivity index (χ0v) is 12.3. The second kappa shape index (κ2) is 6.01. The average Bonchev–Trinajstić information content (AvgIpc) is 3.01. The van der Waals surface area contributed by atoms with Gasteiger partial charge in [0.05, 0.1) is 28.4 Å². The van der Waals surface area contributed by atoms with Crippen LogP contribution in [-0.4, -0.2) is 27.0 Å². The smallest absolute Gasteiger partial charge is 0.409 e. The molecule has 124 valence electrons. The lowest BCUT2D eigenvalue weighted by atomic mass is 9.99. The first-order chi connectivity index (χ1) is 11.9. The van der Waals surface area contributed by atoms with Gasteiger partial charge in [0.15, 0.2) is 5.82 Å². The highest BCUT2D eigenvalue weighted by Gasteiger charge is 2.25. The third-order valence-corrected chi connectivity index (χ3v) is 3.50. The highest BCUT2D eigenvalue weighted by molar-refractivity contribution is 6.17. The van der Waals surface area contributed by atoms with E-state index in [1.807, 2.05) is 6.07 Å². The van der Waals surface area contributed by atoms with Crippen LogP contribution in [-0.2, 0) is 0 Å². The molecule has 0 radical (unpaired) electrons.